The molecular weight excluding hydrogens is 404 g/mol. The molecule has 5 rings (SSSR count). The lowest BCUT2D eigenvalue weighted by molar-refractivity contribution is -0.931. The number of nitrogens with zero attached hydrogens (tertiary/aromatic N) is 4. The van der Waals surface area contributed by atoms with Gasteiger partial charge in [-0.1, -0.05) is 31.4 Å². The summed E-state index contributed by atoms with van der Waals surface area (Å²) < 4.78 is 7.98. The minimum Gasteiger partial charge on any atom is -0.372 e. The van der Waals surface area contributed by atoms with Crippen LogP contribution >= 0.6 is 0 Å². The second-order valence-corrected chi connectivity index (χ2v) is 9.49. The maximum atomic E-state index is 12.9. The van der Waals surface area contributed by atoms with Crippen LogP contribution in [0.15, 0.2) is 29.1 Å². The van der Waals surface area contributed by atoms with Crippen molar-refractivity contribution in [2.45, 2.75) is 77.1 Å². The highest BCUT2D eigenvalue weighted by Gasteiger charge is 2.27. The summed E-state index contributed by atoms with van der Waals surface area (Å²) in [4.78, 5) is 17.2. The van der Waals surface area contributed by atoms with Gasteiger partial charge >= 0.3 is 0 Å². The third kappa shape index (κ3) is 4.76. The minimum atomic E-state index is -0.0141. The van der Waals surface area contributed by atoms with E-state index in [2.05, 4.69) is 32.6 Å². The number of fused-ring (bicyclic) bond motifs is 1. The molecule has 8 nitrogen and oxygen atoms in total. The molecule has 2 fully saturated rings. The van der Waals surface area contributed by atoms with Crippen molar-refractivity contribution in [3.8, 4) is 0 Å². The van der Waals surface area contributed by atoms with E-state index in [0.29, 0.717) is 19.1 Å². The Kier molecular flexibility index (Phi) is 6.32. The van der Waals surface area contributed by atoms with E-state index in [-0.39, 0.29) is 11.7 Å². The van der Waals surface area contributed by atoms with Crippen molar-refractivity contribution in [1.82, 2.24) is 25.2 Å². The fourth-order valence-electron chi connectivity index (χ4n) is 5.26. The van der Waals surface area contributed by atoms with Crippen molar-refractivity contribution >= 4 is 10.9 Å². The number of nitrogens with one attached hydrogen (secondary N) is 2. The van der Waals surface area contributed by atoms with Crippen LogP contribution in [0, 0.1) is 6.92 Å². The molecule has 8 heteroatoms. The number of aromatic nitrogens is 5. The van der Waals surface area contributed by atoms with Gasteiger partial charge in [0.15, 0.2) is 0 Å². The van der Waals surface area contributed by atoms with E-state index in [1.54, 1.807) is 0 Å². The molecule has 2 atom stereocenters. The zero-order chi connectivity index (χ0) is 21.9. The summed E-state index contributed by atoms with van der Waals surface area (Å²) >= 11 is 0. The zero-order valence-electron chi connectivity index (χ0n) is 18.8. The van der Waals surface area contributed by atoms with Gasteiger partial charge in [0.25, 0.3) is 5.56 Å². The number of ether oxygens (including phenoxy) is 1. The molecule has 3 heterocycles. The van der Waals surface area contributed by atoms with Gasteiger partial charge in [0, 0.05) is 12.1 Å². The van der Waals surface area contributed by atoms with Crippen LogP contribution < -0.4 is 10.5 Å². The molecule has 0 spiro atoms. The van der Waals surface area contributed by atoms with Crippen molar-refractivity contribution in [2.24, 2.45) is 0 Å². The summed E-state index contributed by atoms with van der Waals surface area (Å²) in [6.45, 7) is 5.03. The van der Waals surface area contributed by atoms with Crippen molar-refractivity contribution in [2.75, 3.05) is 13.2 Å². The van der Waals surface area contributed by atoms with Crippen LogP contribution in [0.2, 0.25) is 0 Å². The van der Waals surface area contributed by atoms with Crippen LogP contribution in [0.5, 0.6) is 0 Å². The SMILES string of the molecule is Cc1ccc2cc(C[NH+](Cc3nnnn3C3CCCCC3)C[C@@H]3CCCO3)c(=O)[nH]c2c1. The Bertz CT molecular complexity index is 1110. The van der Waals surface area contributed by atoms with Gasteiger partial charge in [-0.05, 0) is 66.1 Å². The molecule has 1 saturated carbocycles. The number of hydrogen-bond donors (Lipinski definition) is 2. The Labute approximate surface area is 188 Å². The molecule has 2 aliphatic rings. The predicted octanol–water partition coefficient (Wildman–Crippen LogP) is 2.09. The molecule has 1 aliphatic carbocycles. The van der Waals surface area contributed by atoms with Gasteiger partial charge in [0.1, 0.15) is 25.7 Å². The van der Waals surface area contributed by atoms with Gasteiger partial charge in [-0.25, -0.2) is 4.68 Å². The number of pyridine rings is 1. The first-order valence-electron chi connectivity index (χ1n) is 12.0. The lowest BCUT2D eigenvalue weighted by atomic mass is 9.95. The molecule has 0 amide bonds. The second-order valence-electron chi connectivity index (χ2n) is 9.49. The molecule has 3 aromatic rings. The van der Waals surface area contributed by atoms with Crippen molar-refractivity contribution < 1.29 is 9.64 Å². The highest BCUT2D eigenvalue weighted by molar-refractivity contribution is 5.79. The van der Waals surface area contributed by atoms with Gasteiger partial charge < -0.3 is 14.6 Å². The van der Waals surface area contributed by atoms with E-state index in [1.165, 1.54) is 24.2 Å². The summed E-state index contributed by atoms with van der Waals surface area (Å²) in [6.07, 6.45) is 8.47. The van der Waals surface area contributed by atoms with Crippen LogP contribution in [0.25, 0.3) is 10.9 Å². The van der Waals surface area contributed by atoms with E-state index >= 15 is 0 Å². The van der Waals surface area contributed by atoms with E-state index in [1.807, 2.05) is 23.7 Å². The predicted molar refractivity (Wildman–Crippen MR) is 121 cm³/mol. The van der Waals surface area contributed by atoms with Gasteiger partial charge in [-0.3, -0.25) is 4.79 Å². The van der Waals surface area contributed by atoms with E-state index in [9.17, 15) is 4.79 Å². The summed E-state index contributed by atoms with van der Waals surface area (Å²) in [7, 11) is 0. The van der Waals surface area contributed by atoms with E-state index in [4.69, 9.17) is 4.74 Å². The first-order valence-corrected chi connectivity index (χ1v) is 12.0. The van der Waals surface area contributed by atoms with Gasteiger partial charge in [-0.15, -0.1) is 5.10 Å². The Balaban J connectivity index is 1.40. The fraction of sp³-hybridized carbons (Fsp3) is 0.583. The van der Waals surface area contributed by atoms with Crippen LogP contribution in [-0.2, 0) is 17.8 Å². The Morgan fingerprint density at radius 3 is 2.81 bits per heavy atom. The summed E-state index contributed by atoms with van der Waals surface area (Å²) in [5, 5.41) is 13.8. The van der Waals surface area contributed by atoms with Crippen LogP contribution in [-0.4, -0.2) is 44.4 Å². The number of tetrazole rings is 1. The van der Waals surface area contributed by atoms with Crippen LogP contribution in [0.3, 0.4) is 0 Å². The summed E-state index contributed by atoms with van der Waals surface area (Å²) in [5.74, 6) is 0.915. The molecule has 1 saturated heterocycles. The molecule has 1 unspecified atom stereocenters. The number of hydrogen-bond acceptors (Lipinski definition) is 5. The third-order valence-electron chi connectivity index (χ3n) is 6.95. The molecular formula is C24H33N6O2+. The van der Waals surface area contributed by atoms with Crippen molar-refractivity contribution in [3.63, 3.8) is 0 Å². The molecule has 0 bridgehead atoms. The van der Waals surface area contributed by atoms with Gasteiger partial charge in [0.05, 0.1) is 11.6 Å². The highest BCUT2D eigenvalue weighted by Crippen LogP contribution is 2.27. The third-order valence-corrected chi connectivity index (χ3v) is 6.95. The summed E-state index contributed by atoms with van der Waals surface area (Å²) in [6, 6.07) is 8.61. The Hall–Kier alpha value is -2.58. The molecule has 2 aromatic heterocycles. The number of rotatable bonds is 7. The van der Waals surface area contributed by atoms with Crippen molar-refractivity contribution in [1.29, 1.82) is 0 Å². The lowest BCUT2D eigenvalue weighted by Gasteiger charge is -2.25. The molecule has 0 radical (unpaired) electrons. The monoisotopic (exact) mass is 437 g/mol. The number of aromatic amines is 1. The molecule has 2 N–H and O–H groups in total. The Morgan fingerprint density at radius 2 is 2.00 bits per heavy atom. The highest BCUT2D eigenvalue weighted by atomic mass is 16.5. The number of aryl methyl sites for hydroxylation is 1. The smallest absolute Gasteiger partial charge is 0.257 e. The molecule has 1 aliphatic heterocycles. The zero-order valence-corrected chi connectivity index (χ0v) is 18.8. The average Bonchev–Trinajstić information content (AvgIpc) is 3.47. The van der Waals surface area contributed by atoms with Gasteiger partial charge in [0.2, 0.25) is 5.82 Å². The topological polar surface area (TPSA) is 90.1 Å². The molecule has 170 valence electrons. The number of benzene rings is 1. The maximum Gasteiger partial charge on any atom is 0.257 e. The standard InChI is InChI=1S/C24H32N6O2/c1-17-9-10-18-13-19(24(31)25-22(18)12-17)14-29(15-21-8-5-11-32-21)16-23-26-27-28-30(23)20-6-3-2-4-7-20/h9-10,12-13,20-21H,2-8,11,14-16H2,1H3,(H,25,31)/p+1/t21-/m0/s1. The quantitative estimate of drug-likeness (QED) is 0.591. The first kappa shape index (κ1) is 21.3. The lowest BCUT2D eigenvalue weighted by Crippen LogP contribution is -3.10. The maximum absolute atomic E-state index is 12.9. The fourth-order valence-corrected chi connectivity index (χ4v) is 5.26. The van der Waals surface area contributed by atoms with E-state index in [0.717, 1.165) is 66.7 Å². The first-order chi connectivity index (χ1) is 15.7. The summed E-state index contributed by atoms with van der Waals surface area (Å²) in [5.41, 5.74) is 2.81. The van der Waals surface area contributed by atoms with Crippen LogP contribution in [0.4, 0.5) is 0 Å². The largest absolute Gasteiger partial charge is 0.372 e. The average molecular weight is 438 g/mol. The number of quaternary nitrogens is 1. The van der Waals surface area contributed by atoms with Crippen molar-refractivity contribution in [3.05, 3.63) is 51.6 Å². The minimum absolute atomic E-state index is 0.0141. The second kappa shape index (κ2) is 9.50. The molecule has 32 heavy (non-hydrogen) atoms. The normalized spacial score (nSPS) is 20.7. The molecule has 1 aromatic carbocycles. The number of H-pyrrole nitrogens is 1. The Morgan fingerprint density at radius 1 is 1.12 bits per heavy atom. The van der Waals surface area contributed by atoms with Crippen LogP contribution in [0.1, 0.15) is 67.9 Å². The van der Waals surface area contributed by atoms with E-state index < -0.39 is 0 Å². The van der Waals surface area contributed by atoms with Gasteiger partial charge in [-0.2, -0.15) is 0 Å².